The second-order valence-corrected chi connectivity index (χ2v) is 13.5. The van der Waals surface area contributed by atoms with Gasteiger partial charge in [0.15, 0.2) is 11.2 Å². The third-order valence-corrected chi connectivity index (χ3v) is 8.84. The van der Waals surface area contributed by atoms with E-state index in [0.29, 0.717) is 11.3 Å². The van der Waals surface area contributed by atoms with Crippen molar-refractivity contribution in [1.29, 1.82) is 0 Å². The van der Waals surface area contributed by atoms with Gasteiger partial charge in [0.2, 0.25) is 11.5 Å². The van der Waals surface area contributed by atoms with E-state index in [1.54, 1.807) is 20.8 Å². The van der Waals surface area contributed by atoms with E-state index in [2.05, 4.69) is 26.4 Å². The Morgan fingerprint density at radius 1 is 1.12 bits per heavy atom. The first-order valence-electron chi connectivity index (χ1n) is 14.9. The highest BCUT2D eigenvalue weighted by Crippen LogP contribution is 2.42. The molecule has 5 rings (SSSR count). The summed E-state index contributed by atoms with van der Waals surface area (Å²) in [5.41, 5.74) is 6.84. The summed E-state index contributed by atoms with van der Waals surface area (Å²) in [5.74, 6) is -2.31. The summed E-state index contributed by atoms with van der Waals surface area (Å²) in [6.45, 7) is 8.88. The highest BCUT2D eigenvalue weighted by Gasteiger charge is 2.54. The maximum Gasteiger partial charge on any atom is 0.356 e. The molecule has 2 aromatic carbocycles. The van der Waals surface area contributed by atoms with Gasteiger partial charge in [-0.2, -0.15) is 9.36 Å². The summed E-state index contributed by atoms with van der Waals surface area (Å²) in [6, 6.07) is 17.6. The first-order valence-corrected chi connectivity index (χ1v) is 16.7. The third kappa shape index (κ3) is 7.91. The number of nitrogens with one attached hydrogen (secondary N) is 1. The van der Waals surface area contributed by atoms with Crippen LogP contribution in [0.1, 0.15) is 50.2 Å². The van der Waals surface area contributed by atoms with Gasteiger partial charge < -0.3 is 25.4 Å². The Bertz CT molecular complexity index is 1710. The van der Waals surface area contributed by atoms with Gasteiger partial charge in [-0.15, -0.1) is 11.8 Å². The average Bonchev–Trinajstić information content (AvgIpc) is 3.50. The molecular formula is C33H34N6O7S2. The fourth-order valence-corrected chi connectivity index (χ4v) is 6.67. The van der Waals surface area contributed by atoms with E-state index in [9.17, 15) is 19.2 Å². The topological polar surface area (TPSA) is 175 Å². The maximum atomic E-state index is 13.8. The molecule has 15 heteroatoms. The van der Waals surface area contributed by atoms with E-state index < -0.39 is 46.9 Å². The van der Waals surface area contributed by atoms with Crippen LogP contribution in [0.5, 0.6) is 0 Å². The average molecular weight is 691 g/mol. The summed E-state index contributed by atoms with van der Waals surface area (Å²) in [6.07, 6.45) is 0.672. The summed E-state index contributed by atoms with van der Waals surface area (Å²) in [4.78, 5) is 63.5. The van der Waals surface area contributed by atoms with Gasteiger partial charge in [0, 0.05) is 17.3 Å². The number of fused-ring (bicyclic) bond motifs is 1. The standard InChI is InChI=1S/C33H34N6O7S2/c1-5-19-18-47-30-24(35-28(41)23(27-36-32(34)48-38-27)37-44-17-16-22(40)46-33(2,3)4)29(42)39(30)25(19)31(43)45-26(20-12-8-6-9-13-20)21-14-10-7-11-15-21/h5-15,24,26,30H,1,16-18H2,2-4H3,(H,35,41)(H2,34,36,38)/t24?,30-/m0/s1. The molecule has 2 amide bonds. The molecule has 2 aliphatic heterocycles. The van der Waals surface area contributed by atoms with Crippen molar-refractivity contribution in [3.8, 4) is 0 Å². The smallest absolute Gasteiger partial charge is 0.356 e. The van der Waals surface area contributed by atoms with Crippen molar-refractivity contribution in [2.24, 2.45) is 5.16 Å². The highest BCUT2D eigenvalue weighted by atomic mass is 32.2. The minimum Gasteiger partial charge on any atom is -0.460 e. The summed E-state index contributed by atoms with van der Waals surface area (Å²) in [7, 11) is 0. The van der Waals surface area contributed by atoms with Crippen LogP contribution in [0.15, 0.2) is 89.7 Å². The second-order valence-electron chi connectivity index (χ2n) is 11.6. The number of ether oxygens (including phenoxy) is 2. The van der Waals surface area contributed by atoms with Gasteiger partial charge in [-0.25, -0.2) is 4.79 Å². The van der Waals surface area contributed by atoms with E-state index in [1.807, 2.05) is 60.7 Å². The van der Waals surface area contributed by atoms with Crippen molar-refractivity contribution >= 4 is 57.9 Å². The van der Waals surface area contributed by atoms with Crippen LogP contribution in [0.3, 0.4) is 0 Å². The van der Waals surface area contributed by atoms with E-state index in [0.717, 1.165) is 22.7 Å². The number of nitrogens with two attached hydrogens (primary N) is 1. The third-order valence-electron chi connectivity index (χ3n) is 7.00. The largest absolute Gasteiger partial charge is 0.460 e. The molecule has 0 bridgehead atoms. The molecule has 250 valence electrons. The predicted molar refractivity (Wildman–Crippen MR) is 180 cm³/mol. The number of aromatic nitrogens is 2. The van der Waals surface area contributed by atoms with Crippen LogP contribution in [0, 0.1) is 0 Å². The quantitative estimate of drug-likeness (QED) is 0.0931. The molecule has 1 unspecified atom stereocenters. The highest BCUT2D eigenvalue weighted by molar-refractivity contribution is 8.00. The molecule has 3 heterocycles. The Morgan fingerprint density at radius 2 is 1.77 bits per heavy atom. The normalized spacial score (nSPS) is 17.7. The molecule has 0 saturated carbocycles. The van der Waals surface area contributed by atoms with Gasteiger partial charge in [0.05, 0.1) is 6.42 Å². The molecule has 2 atom stereocenters. The van der Waals surface area contributed by atoms with E-state index >= 15 is 0 Å². The van der Waals surface area contributed by atoms with Crippen LogP contribution in [0.4, 0.5) is 5.13 Å². The fourth-order valence-electron chi connectivity index (χ4n) is 4.89. The Hall–Kier alpha value is -5.02. The molecule has 3 aromatic rings. The summed E-state index contributed by atoms with van der Waals surface area (Å²) < 4.78 is 15.4. The number of esters is 2. The number of nitrogen functional groups attached to an aromatic ring is 1. The number of amides is 2. The minimum atomic E-state index is -1.02. The number of anilines is 1. The zero-order chi connectivity index (χ0) is 34.4. The van der Waals surface area contributed by atoms with Crippen molar-refractivity contribution in [3.05, 3.63) is 102 Å². The summed E-state index contributed by atoms with van der Waals surface area (Å²) >= 11 is 2.20. The maximum absolute atomic E-state index is 13.8. The van der Waals surface area contributed by atoms with Crippen molar-refractivity contribution in [1.82, 2.24) is 19.6 Å². The minimum absolute atomic E-state index is 0.0643. The first-order chi connectivity index (χ1) is 23.0. The summed E-state index contributed by atoms with van der Waals surface area (Å²) in [5, 5.41) is 6.00. The van der Waals surface area contributed by atoms with E-state index in [-0.39, 0.29) is 35.4 Å². The predicted octanol–water partition coefficient (Wildman–Crippen LogP) is 3.75. The molecule has 1 fully saturated rings. The van der Waals surface area contributed by atoms with Gasteiger partial charge in [-0.1, -0.05) is 78.5 Å². The van der Waals surface area contributed by atoms with Gasteiger partial charge >= 0.3 is 11.9 Å². The van der Waals surface area contributed by atoms with Crippen molar-refractivity contribution in [2.75, 3.05) is 18.1 Å². The Labute approximate surface area is 285 Å². The number of allylic oxidation sites excluding steroid dienone is 1. The number of carbonyl (C=O) groups is 4. The Morgan fingerprint density at radius 3 is 2.33 bits per heavy atom. The molecule has 0 radical (unpaired) electrons. The van der Waals surface area contributed by atoms with Crippen LogP contribution in [-0.2, 0) is 33.5 Å². The van der Waals surface area contributed by atoms with Gasteiger partial charge in [0.25, 0.3) is 11.8 Å². The zero-order valence-corrected chi connectivity index (χ0v) is 28.1. The Kier molecular flexibility index (Phi) is 10.6. The van der Waals surface area contributed by atoms with E-state index in [1.165, 1.54) is 22.7 Å². The molecule has 1 saturated heterocycles. The molecule has 3 N–H and O–H groups in total. The van der Waals surface area contributed by atoms with Gasteiger partial charge in [-0.05, 0) is 37.5 Å². The molecule has 2 aliphatic rings. The van der Waals surface area contributed by atoms with Crippen molar-refractivity contribution in [2.45, 2.75) is 50.3 Å². The number of nitrogens with zero attached hydrogens (tertiary/aromatic N) is 4. The zero-order valence-electron chi connectivity index (χ0n) is 26.5. The lowest BCUT2D eigenvalue weighted by atomic mass is 10.0. The van der Waals surface area contributed by atoms with Crippen LogP contribution in [0.25, 0.3) is 0 Å². The molecule has 0 spiro atoms. The lowest BCUT2D eigenvalue weighted by Gasteiger charge is -2.49. The molecule has 0 aliphatic carbocycles. The molecular weight excluding hydrogens is 657 g/mol. The number of β-lactam (4-membered cyclic amide) rings is 1. The SMILES string of the molecule is C=CC1=C(C(=O)OC(c2ccccc2)c2ccccc2)N2C(=O)C(NC(=O)C(=NOCCC(=O)OC(C)(C)C)c3nsc(N)n3)[C@@H]2SC1. The number of benzene rings is 2. The second kappa shape index (κ2) is 14.8. The van der Waals surface area contributed by atoms with Gasteiger partial charge in [-0.3, -0.25) is 19.3 Å². The molecule has 1 aromatic heterocycles. The van der Waals surface area contributed by atoms with Crippen LogP contribution in [-0.4, -0.2) is 73.1 Å². The fraction of sp³-hybridized carbons (Fsp3) is 0.303. The van der Waals surface area contributed by atoms with Crippen molar-refractivity contribution < 1.29 is 33.5 Å². The van der Waals surface area contributed by atoms with Crippen LogP contribution < -0.4 is 11.1 Å². The van der Waals surface area contributed by atoms with Crippen LogP contribution >= 0.6 is 23.3 Å². The van der Waals surface area contributed by atoms with E-state index in [4.69, 9.17) is 20.0 Å². The number of rotatable bonds is 12. The first kappa shape index (κ1) is 34.3. The van der Waals surface area contributed by atoms with Crippen LogP contribution in [0.2, 0.25) is 0 Å². The number of oxime groups is 1. The monoisotopic (exact) mass is 690 g/mol. The lowest BCUT2D eigenvalue weighted by molar-refractivity contribution is -0.156. The number of carbonyl (C=O) groups excluding carboxylic acids is 4. The van der Waals surface area contributed by atoms with Crippen molar-refractivity contribution in [3.63, 3.8) is 0 Å². The Balaban J connectivity index is 1.31. The number of hydrogen-bond acceptors (Lipinski definition) is 13. The number of hydrogen-bond donors (Lipinski definition) is 2. The number of thioether (sulfide) groups is 1. The lowest BCUT2D eigenvalue weighted by Crippen LogP contribution is -2.71. The molecule has 48 heavy (non-hydrogen) atoms. The molecule has 13 nitrogen and oxygen atoms in total. The van der Waals surface area contributed by atoms with Gasteiger partial charge in [0.1, 0.15) is 29.3 Å².